The van der Waals surface area contributed by atoms with Gasteiger partial charge in [0.25, 0.3) is 0 Å². The zero-order valence-corrected chi connectivity index (χ0v) is 19.1. The minimum atomic E-state index is 0.166. The predicted molar refractivity (Wildman–Crippen MR) is 137 cm³/mol. The number of benzene rings is 2. The van der Waals surface area contributed by atoms with E-state index in [0.29, 0.717) is 11.7 Å². The Labute approximate surface area is 201 Å². The van der Waals surface area contributed by atoms with Crippen LogP contribution in [0.1, 0.15) is 17.7 Å². The Bertz CT molecular complexity index is 1550. The van der Waals surface area contributed by atoms with Crippen molar-refractivity contribution in [2.45, 2.75) is 18.9 Å². The topological polar surface area (TPSA) is 77.2 Å². The number of nitrogen functional groups attached to an aromatic ring is 1. The molecule has 5 aromatic rings. The van der Waals surface area contributed by atoms with Crippen molar-refractivity contribution in [3.63, 3.8) is 0 Å². The Hall–Kier alpha value is -4.15. The Balaban J connectivity index is 1.28. The number of fused-ring (bicyclic) bond motifs is 2. The van der Waals surface area contributed by atoms with Gasteiger partial charge in [0, 0.05) is 29.9 Å². The van der Waals surface area contributed by atoms with Gasteiger partial charge in [0.05, 0.1) is 21.1 Å². The molecule has 166 valence electrons. The SMILES string of the molecule is Nc1ncnc2cc(C#C[C@H]3CCCN3c3ccc4c(Oc5ccccn5)cccc4c3)sc12. The maximum absolute atomic E-state index is 6.03. The fraction of sp³-hybridized carbons (Fsp3) is 0.148. The number of rotatable bonds is 3. The van der Waals surface area contributed by atoms with Crippen molar-refractivity contribution in [3.8, 4) is 23.5 Å². The van der Waals surface area contributed by atoms with E-state index in [1.54, 1.807) is 17.5 Å². The molecule has 0 radical (unpaired) electrons. The Morgan fingerprint density at radius 1 is 1.03 bits per heavy atom. The quantitative estimate of drug-likeness (QED) is 0.349. The van der Waals surface area contributed by atoms with Crippen molar-refractivity contribution >= 4 is 43.8 Å². The zero-order chi connectivity index (χ0) is 22.9. The van der Waals surface area contributed by atoms with Crippen LogP contribution in [0.5, 0.6) is 11.6 Å². The van der Waals surface area contributed by atoms with Crippen LogP contribution in [0.25, 0.3) is 21.0 Å². The van der Waals surface area contributed by atoms with Crippen molar-refractivity contribution in [2.24, 2.45) is 0 Å². The lowest BCUT2D eigenvalue weighted by Gasteiger charge is -2.23. The Morgan fingerprint density at radius 3 is 2.88 bits per heavy atom. The van der Waals surface area contributed by atoms with Crippen LogP contribution >= 0.6 is 11.3 Å². The molecule has 1 fully saturated rings. The monoisotopic (exact) mass is 463 g/mol. The summed E-state index contributed by atoms with van der Waals surface area (Å²) < 4.78 is 6.93. The van der Waals surface area contributed by atoms with E-state index in [0.717, 1.165) is 51.0 Å². The van der Waals surface area contributed by atoms with E-state index >= 15 is 0 Å². The van der Waals surface area contributed by atoms with E-state index in [9.17, 15) is 0 Å². The fourth-order valence-corrected chi connectivity index (χ4v) is 5.22. The van der Waals surface area contributed by atoms with Crippen molar-refractivity contribution < 1.29 is 4.74 Å². The maximum atomic E-state index is 6.03. The van der Waals surface area contributed by atoms with Crippen LogP contribution < -0.4 is 15.4 Å². The number of thiophene rings is 1. The summed E-state index contributed by atoms with van der Waals surface area (Å²) in [5, 5.41) is 2.19. The number of aromatic nitrogens is 3. The first kappa shape index (κ1) is 20.5. The van der Waals surface area contributed by atoms with Crippen molar-refractivity contribution in [3.05, 3.63) is 78.1 Å². The molecule has 0 spiro atoms. The summed E-state index contributed by atoms with van der Waals surface area (Å²) in [5.41, 5.74) is 8.00. The van der Waals surface area contributed by atoms with E-state index in [1.165, 1.54) is 12.0 Å². The maximum Gasteiger partial charge on any atom is 0.219 e. The third-order valence-corrected chi connectivity index (χ3v) is 7.02. The third kappa shape index (κ3) is 3.89. The first-order valence-electron chi connectivity index (χ1n) is 11.1. The van der Waals surface area contributed by atoms with Gasteiger partial charge in [0.15, 0.2) is 0 Å². The summed E-state index contributed by atoms with van der Waals surface area (Å²) in [7, 11) is 0. The molecule has 0 unspecified atom stereocenters. The van der Waals surface area contributed by atoms with E-state index in [1.807, 2.05) is 36.4 Å². The van der Waals surface area contributed by atoms with Crippen molar-refractivity contribution in [1.29, 1.82) is 0 Å². The minimum absolute atomic E-state index is 0.166. The smallest absolute Gasteiger partial charge is 0.219 e. The fourth-order valence-electron chi connectivity index (χ4n) is 4.34. The first-order valence-corrected chi connectivity index (χ1v) is 12.0. The second-order valence-electron chi connectivity index (χ2n) is 8.14. The Morgan fingerprint density at radius 2 is 2.00 bits per heavy atom. The lowest BCUT2D eigenvalue weighted by molar-refractivity contribution is 0.468. The normalized spacial score (nSPS) is 15.4. The van der Waals surface area contributed by atoms with Gasteiger partial charge < -0.3 is 15.4 Å². The molecule has 1 saturated heterocycles. The molecule has 0 aliphatic carbocycles. The molecule has 3 aromatic heterocycles. The first-order chi connectivity index (χ1) is 16.7. The molecular formula is C27H21N5OS. The molecule has 1 atom stereocenters. The molecule has 0 amide bonds. The molecule has 6 nitrogen and oxygen atoms in total. The van der Waals surface area contributed by atoms with Gasteiger partial charge >= 0.3 is 0 Å². The number of ether oxygens (including phenoxy) is 1. The van der Waals surface area contributed by atoms with Gasteiger partial charge in [-0.1, -0.05) is 30.0 Å². The molecule has 7 heteroatoms. The predicted octanol–water partition coefficient (Wildman–Crippen LogP) is 5.63. The van der Waals surface area contributed by atoms with E-state index in [-0.39, 0.29) is 6.04 Å². The molecule has 2 N–H and O–H groups in total. The lowest BCUT2D eigenvalue weighted by atomic mass is 10.1. The minimum Gasteiger partial charge on any atom is -0.438 e. The van der Waals surface area contributed by atoms with Crippen LogP contribution in [-0.2, 0) is 0 Å². The number of hydrogen-bond donors (Lipinski definition) is 1. The molecular weight excluding hydrogens is 442 g/mol. The van der Waals surface area contributed by atoms with Crippen molar-refractivity contribution in [1.82, 2.24) is 15.0 Å². The van der Waals surface area contributed by atoms with Gasteiger partial charge in [-0.2, -0.15) is 0 Å². The van der Waals surface area contributed by atoms with Gasteiger partial charge in [-0.3, -0.25) is 0 Å². The lowest BCUT2D eigenvalue weighted by Crippen LogP contribution is -2.27. The molecule has 4 heterocycles. The number of anilines is 2. The summed E-state index contributed by atoms with van der Waals surface area (Å²) in [6, 6.07) is 20.4. The summed E-state index contributed by atoms with van der Waals surface area (Å²) in [4.78, 5) is 16.0. The average Bonchev–Trinajstić information content (AvgIpc) is 3.51. The largest absolute Gasteiger partial charge is 0.438 e. The van der Waals surface area contributed by atoms with Gasteiger partial charge in [-0.25, -0.2) is 15.0 Å². The van der Waals surface area contributed by atoms with Crippen LogP contribution in [0, 0.1) is 11.8 Å². The molecule has 1 aliphatic rings. The Kier molecular flexibility index (Phi) is 5.21. The standard InChI is InChI=1S/C27H21N5OS/c28-27-26-23(30-17-31-27)16-21(34-26)11-9-19-6-4-14-32(19)20-10-12-22-18(15-20)5-3-7-24(22)33-25-8-1-2-13-29-25/h1-3,5,7-8,10,12-13,15-17,19H,4,6,14H2,(H2,28,30,31)/t19-/m1/s1. The van der Waals surface area contributed by atoms with Crippen LogP contribution in [-0.4, -0.2) is 27.5 Å². The average molecular weight is 464 g/mol. The second-order valence-corrected chi connectivity index (χ2v) is 9.19. The van der Waals surface area contributed by atoms with Crippen LogP contribution in [0.15, 0.2) is 73.2 Å². The zero-order valence-electron chi connectivity index (χ0n) is 18.3. The third-order valence-electron chi connectivity index (χ3n) is 5.96. The van der Waals surface area contributed by atoms with Gasteiger partial charge in [-0.15, -0.1) is 11.3 Å². The highest BCUT2D eigenvalue weighted by Gasteiger charge is 2.23. The number of hydrogen-bond acceptors (Lipinski definition) is 7. The molecule has 1 aliphatic heterocycles. The highest BCUT2D eigenvalue weighted by atomic mass is 32.1. The van der Waals surface area contributed by atoms with Gasteiger partial charge in [0.2, 0.25) is 5.88 Å². The van der Waals surface area contributed by atoms with E-state index in [4.69, 9.17) is 10.5 Å². The summed E-state index contributed by atoms with van der Waals surface area (Å²) in [6.07, 6.45) is 5.38. The summed E-state index contributed by atoms with van der Waals surface area (Å²) in [5.74, 6) is 8.73. The molecule has 34 heavy (non-hydrogen) atoms. The number of nitrogens with zero attached hydrogens (tertiary/aromatic N) is 4. The molecule has 6 rings (SSSR count). The number of nitrogens with two attached hydrogens (primary N) is 1. The van der Waals surface area contributed by atoms with Crippen LogP contribution in [0.2, 0.25) is 0 Å². The van der Waals surface area contributed by atoms with E-state index in [2.05, 4.69) is 56.0 Å². The summed E-state index contributed by atoms with van der Waals surface area (Å²) >= 11 is 1.55. The summed E-state index contributed by atoms with van der Waals surface area (Å²) in [6.45, 7) is 0.986. The highest BCUT2D eigenvalue weighted by Crippen LogP contribution is 2.34. The van der Waals surface area contributed by atoms with E-state index < -0.39 is 0 Å². The second kappa shape index (κ2) is 8.65. The van der Waals surface area contributed by atoms with Gasteiger partial charge in [-0.05, 0) is 54.6 Å². The van der Waals surface area contributed by atoms with Gasteiger partial charge in [0.1, 0.15) is 17.9 Å². The molecule has 2 aromatic carbocycles. The number of pyridine rings is 1. The molecule has 0 saturated carbocycles. The van der Waals surface area contributed by atoms with Crippen LogP contribution in [0.4, 0.5) is 11.5 Å². The van der Waals surface area contributed by atoms with Crippen LogP contribution in [0.3, 0.4) is 0 Å². The van der Waals surface area contributed by atoms with Crippen molar-refractivity contribution in [2.75, 3.05) is 17.2 Å². The highest BCUT2D eigenvalue weighted by molar-refractivity contribution is 7.20. The molecule has 0 bridgehead atoms.